The van der Waals surface area contributed by atoms with Gasteiger partial charge in [0.15, 0.2) is 0 Å². The van der Waals surface area contributed by atoms with E-state index in [4.69, 9.17) is 10.8 Å². The van der Waals surface area contributed by atoms with Gasteiger partial charge < -0.3 is 16.2 Å². The molecular weight excluding hydrogens is 244 g/mol. The van der Waals surface area contributed by atoms with E-state index < -0.39 is 12.0 Å². The Morgan fingerprint density at radius 1 is 1.26 bits per heavy atom. The second kappa shape index (κ2) is 6.89. The summed E-state index contributed by atoms with van der Waals surface area (Å²) >= 11 is 0. The molecule has 1 amide bonds. The van der Waals surface area contributed by atoms with Gasteiger partial charge in [-0.2, -0.15) is 0 Å². The van der Waals surface area contributed by atoms with Crippen LogP contribution in [0.25, 0.3) is 0 Å². The smallest absolute Gasteiger partial charge is 0.326 e. The summed E-state index contributed by atoms with van der Waals surface area (Å²) in [6, 6.07) is 6.13. The summed E-state index contributed by atoms with van der Waals surface area (Å²) in [6.07, 6.45) is 0.756. The highest BCUT2D eigenvalue weighted by Gasteiger charge is 2.23. The lowest BCUT2D eigenvalue weighted by molar-refractivity contribution is -0.140. The van der Waals surface area contributed by atoms with E-state index >= 15 is 0 Å². The second-order valence-corrected chi connectivity index (χ2v) is 4.77. The van der Waals surface area contributed by atoms with Crippen molar-refractivity contribution in [1.82, 2.24) is 5.32 Å². The summed E-state index contributed by atoms with van der Waals surface area (Å²) in [5.41, 5.74) is 6.95. The molecule has 0 unspecified atom stereocenters. The van der Waals surface area contributed by atoms with Crippen LogP contribution in [0.1, 0.15) is 29.8 Å². The normalized spacial score (nSPS) is 12.2. The molecule has 0 aliphatic rings. The van der Waals surface area contributed by atoms with Crippen molar-refractivity contribution in [2.24, 2.45) is 11.7 Å². The number of aliphatic carboxylic acids is 1. The quantitative estimate of drug-likeness (QED) is 0.715. The van der Waals surface area contributed by atoms with Crippen LogP contribution in [0.2, 0.25) is 0 Å². The van der Waals surface area contributed by atoms with Gasteiger partial charge in [-0.25, -0.2) is 4.79 Å². The van der Waals surface area contributed by atoms with Gasteiger partial charge in [-0.1, -0.05) is 26.0 Å². The molecule has 0 fully saturated rings. The summed E-state index contributed by atoms with van der Waals surface area (Å²) in [5, 5.41) is 11.5. The lowest BCUT2D eigenvalue weighted by atomic mass is 10.0. The Balaban J connectivity index is 2.74. The summed E-state index contributed by atoms with van der Waals surface area (Å²) < 4.78 is 0. The van der Waals surface area contributed by atoms with Gasteiger partial charge in [0.2, 0.25) is 0 Å². The first kappa shape index (κ1) is 15.2. The molecule has 1 atom stereocenters. The molecule has 1 aromatic carbocycles. The standard InChI is InChI=1S/C14H20N2O3/c1-9(2)12(14(18)19)16-13(17)11-5-3-10(4-6-11)7-8-15/h3-6,9,12H,7-8,15H2,1-2H3,(H,16,17)(H,18,19)/t12-/m0/s1. The first-order valence-electron chi connectivity index (χ1n) is 6.28. The lowest BCUT2D eigenvalue weighted by Gasteiger charge is -2.17. The van der Waals surface area contributed by atoms with Crippen molar-refractivity contribution in [3.63, 3.8) is 0 Å². The molecule has 5 nitrogen and oxygen atoms in total. The topological polar surface area (TPSA) is 92.4 Å². The van der Waals surface area contributed by atoms with Crippen LogP contribution in [-0.4, -0.2) is 29.6 Å². The summed E-state index contributed by atoms with van der Waals surface area (Å²) in [5.74, 6) is -1.57. The number of amides is 1. The fourth-order valence-corrected chi connectivity index (χ4v) is 1.73. The van der Waals surface area contributed by atoms with Crippen LogP contribution in [-0.2, 0) is 11.2 Å². The Morgan fingerprint density at radius 3 is 2.26 bits per heavy atom. The van der Waals surface area contributed by atoms with E-state index in [1.54, 1.807) is 26.0 Å². The molecule has 0 aliphatic carbocycles. The van der Waals surface area contributed by atoms with Crippen LogP contribution in [0.3, 0.4) is 0 Å². The van der Waals surface area contributed by atoms with Gasteiger partial charge in [0.1, 0.15) is 6.04 Å². The van der Waals surface area contributed by atoms with Gasteiger partial charge in [-0.3, -0.25) is 4.79 Å². The van der Waals surface area contributed by atoms with E-state index in [1.165, 1.54) is 0 Å². The lowest BCUT2D eigenvalue weighted by Crippen LogP contribution is -2.44. The number of hydrogen-bond acceptors (Lipinski definition) is 3. The molecule has 0 radical (unpaired) electrons. The third kappa shape index (κ3) is 4.37. The van der Waals surface area contributed by atoms with Crippen LogP contribution >= 0.6 is 0 Å². The molecular formula is C14H20N2O3. The van der Waals surface area contributed by atoms with Crippen molar-refractivity contribution in [2.75, 3.05) is 6.54 Å². The van der Waals surface area contributed by atoms with Crippen LogP contribution in [0.15, 0.2) is 24.3 Å². The first-order chi connectivity index (χ1) is 8.95. The van der Waals surface area contributed by atoms with E-state index in [2.05, 4.69) is 5.32 Å². The van der Waals surface area contributed by atoms with Gasteiger partial charge >= 0.3 is 5.97 Å². The van der Waals surface area contributed by atoms with Gasteiger partial charge in [0.25, 0.3) is 5.91 Å². The average Bonchev–Trinajstić information content (AvgIpc) is 2.36. The maximum atomic E-state index is 11.9. The molecule has 1 rings (SSSR count). The summed E-state index contributed by atoms with van der Waals surface area (Å²) in [4.78, 5) is 23.0. The highest BCUT2D eigenvalue weighted by atomic mass is 16.4. The molecule has 104 valence electrons. The van der Waals surface area contributed by atoms with Crippen molar-refractivity contribution in [2.45, 2.75) is 26.3 Å². The maximum absolute atomic E-state index is 11.9. The van der Waals surface area contributed by atoms with Gasteiger partial charge in [0.05, 0.1) is 0 Å². The second-order valence-electron chi connectivity index (χ2n) is 4.77. The molecule has 0 aromatic heterocycles. The number of nitrogens with one attached hydrogen (secondary N) is 1. The van der Waals surface area contributed by atoms with Crippen molar-refractivity contribution in [3.05, 3.63) is 35.4 Å². The Hall–Kier alpha value is -1.88. The maximum Gasteiger partial charge on any atom is 0.326 e. The number of carbonyl (C=O) groups excluding carboxylic acids is 1. The van der Waals surface area contributed by atoms with Crippen molar-refractivity contribution in [1.29, 1.82) is 0 Å². The van der Waals surface area contributed by atoms with Crippen LogP contribution in [0.5, 0.6) is 0 Å². The molecule has 0 heterocycles. The Kier molecular flexibility index (Phi) is 5.51. The third-order valence-corrected chi connectivity index (χ3v) is 2.87. The van der Waals surface area contributed by atoms with Crippen molar-refractivity contribution >= 4 is 11.9 Å². The minimum Gasteiger partial charge on any atom is -0.480 e. The number of carbonyl (C=O) groups is 2. The first-order valence-corrected chi connectivity index (χ1v) is 6.28. The predicted molar refractivity (Wildman–Crippen MR) is 72.9 cm³/mol. The number of rotatable bonds is 6. The SMILES string of the molecule is CC(C)[C@H](NC(=O)c1ccc(CCN)cc1)C(=O)O. The average molecular weight is 264 g/mol. The van der Waals surface area contributed by atoms with Crippen LogP contribution in [0, 0.1) is 5.92 Å². The molecule has 1 aromatic rings. The fraction of sp³-hybridized carbons (Fsp3) is 0.429. The monoisotopic (exact) mass is 264 g/mol. The zero-order chi connectivity index (χ0) is 14.4. The fourth-order valence-electron chi connectivity index (χ4n) is 1.73. The largest absolute Gasteiger partial charge is 0.480 e. The number of benzene rings is 1. The highest BCUT2D eigenvalue weighted by Crippen LogP contribution is 2.07. The highest BCUT2D eigenvalue weighted by molar-refractivity contribution is 5.96. The molecule has 19 heavy (non-hydrogen) atoms. The zero-order valence-corrected chi connectivity index (χ0v) is 11.2. The molecule has 4 N–H and O–H groups in total. The molecule has 0 bridgehead atoms. The minimum atomic E-state index is -1.02. The number of carboxylic acids is 1. The number of nitrogens with two attached hydrogens (primary N) is 1. The minimum absolute atomic E-state index is 0.169. The molecule has 5 heteroatoms. The van der Waals surface area contributed by atoms with E-state index in [0.717, 1.165) is 12.0 Å². The Morgan fingerprint density at radius 2 is 1.84 bits per heavy atom. The van der Waals surface area contributed by atoms with E-state index in [0.29, 0.717) is 12.1 Å². The van der Waals surface area contributed by atoms with Crippen LogP contribution in [0.4, 0.5) is 0 Å². The van der Waals surface area contributed by atoms with Crippen molar-refractivity contribution < 1.29 is 14.7 Å². The van der Waals surface area contributed by atoms with Crippen molar-refractivity contribution in [3.8, 4) is 0 Å². The molecule has 0 saturated heterocycles. The van der Waals surface area contributed by atoms with E-state index in [1.807, 2.05) is 12.1 Å². The molecule has 0 saturated carbocycles. The van der Waals surface area contributed by atoms with E-state index in [9.17, 15) is 9.59 Å². The number of hydrogen-bond donors (Lipinski definition) is 3. The zero-order valence-electron chi connectivity index (χ0n) is 11.2. The predicted octanol–water partition coefficient (Wildman–Crippen LogP) is 1.03. The molecule has 0 aliphatic heterocycles. The van der Waals surface area contributed by atoms with E-state index in [-0.39, 0.29) is 11.8 Å². The summed E-state index contributed by atoms with van der Waals surface area (Å²) in [7, 11) is 0. The van der Waals surface area contributed by atoms with Gasteiger partial charge in [-0.15, -0.1) is 0 Å². The molecule has 0 spiro atoms. The Bertz CT molecular complexity index is 441. The third-order valence-electron chi connectivity index (χ3n) is 2.87. The number of carboxylic acid groups (broad SMARTS) is 1. The van der Waals surface area contributed by atoms with Crippen LogP contribution < -0.4 is 11.1 Å². The summed E-state index contributed by atoms with van der Waals surface area (Å²) in [6.45, 7) is 4.06. The van der Waals surface area contributed by atoms with Gasteiger partial charge in [-0.05, 0) is 36.6 Å². The Labute approximate surface area is 112 Å². The van der Waals surface area contributed by atoms with Gasteiger partial charge in [0, 0.05) is 5.56 Å².